The summed E-state index contributed by atoms with van der Waals surface area (Å²) in [5.74, 6) is 0.842. The lowest BCUT2D eigenvalue weighted by atomic mass is 10.1. The molecule has 21 heavy (non-hydrogen) atoms. The quantitative estimate of drug-likeness (QED) is 0.762. The van der Waals surface area contributed by atoms with Gasteiger partial charge < -0.3 is 9.73 Å². The molecule has 3 nitrogen and oxygen atoms in total. The highest BCUT2D eigenvalue weighted by Gasteiger charge is 2.22. The van der Waals surface area contributed by atoms with E-state index >= 15 is 0 Å². The first-order valence-corrected chi connectivity index (χ1v) is 8.04. The first kappa shape index (κ1) is 12.8. The lowest BCUT2D eigenvalue weighted by Crippen LogP contribution is -2.16. The molecule has 0 bridgehead atoms. The molecule has 1 aliphatic rings. The molecule has 1 saturated carbocycles. The summed E-state index contributed by atoms with van der Waals surface area (Å²) in [6, 6.07) is 15.0. The van der Waals surface area contributed by atoms with Gasteiger partial charge in [0.05, 0.1) is 16.8 Å². The van der Waals surface area contributed by atoms with Crippen LogP contribution < -0.4 is 5.32 Å². The van der Waals surface area contributed by atoms with E-state index in [-0.39, 0.29) is 0 Å². The molecule has 106 valence electrons. The van der Waals surface area contributed by atoms with Gasteiger partial charge in [0.1, 0.15) is 0 Å². The van der Waals surface area contributed by atoms with Crippen LogP contribution in [0.3, 0.4) is 0 Å². The molecule has 0 aliphatic heterocycles. The van der Waals surface area contributed by atoms with Crippen LogP contribution in [0.4, 0.5) is 0 Å². The molecule has 1 N–H and O–H groups in total. The minimum atomic E-state index is 0.683. The van der Waals surface area contributed by atoms with Crippen LogP contribution in [-0.2, 0) is 6.54 Å². The molecule has 4 heteroatoms. The van der Waals surface area contributed by atoms with Crippen LogP contribution in [0.5, 0.6) is 0 Å². The van der Waals surface area contributed by atoms with Crippen molar-refractivity contribution in [3.63, 3.8) is 0 Å². The Morgan fingerprint density at radius 2 is 2.00 bits per heavy atom. The Morgan fingerprint density at radius 1 is 1.14 bits per heavy atom. The molecule has 2 heterocycles. The highest BCUT2D eigenvalue weighted by molar-refractivity contribution is 7.18. The Kier molecular flexibility index (Phi) is 3.33. The van der Waals surface area contributed by atoms with Gasteiger partial charge in [0.2, 0.25) is 0 Å². The average molecular weight is 296 g/mol. The normalized spacial score (nSPS) is 14.5. The summed E-state index contributed by atoms with van der Waals surface area (Å²) < 4.78 is 5.49. The lowest BCUT2D eigenvalue weighted by Gasteiger charge is -2.03. The Bertz CT molecular complexity index is 715. The van der Waals surface area contributed by atoms with Crippen molar-refractivity contribution >= 4 is 11.3 Å². The molecule has 0 radical (unpaired) electrons. The van der Waals surface area contributed by atoms with E-state index in [9.17, 15) is 0 Å². The summed E-state index contributed by atoms with van der Waals surface area (Å²) in [5, 5.41) is 4.51. The Morgan fingerprint density at radius 3 is 2.71 bits per heavy atom. The molecule has 0 unspecified atom stereocenters. The van der Waals surface area contributed by atoms with Crippen molar-refractivity contribution in [3.05, 3.63) is 54.4 Å². The molecular weight excluding hydrogens is 280 g/mol. The van der Waals surface area contributed by atoms with E-state index in [2.05, 4.69) is 29.6 Å². The van der Waals surface area contributed by atoms with Gasteiger partial charge in [0, 0.05) is 12.6 Å². The third kappa shape index (κ3) is 2.77. The predicted octanol–water partition coefficient (Wildman–Crippen LogP) is 4.32. The van der Waals surface area contributed by atoms with E-state index in [1.165, 1.54) is 23.3 Å². The zero-order chi connectivity index (χ0) is 14.1. The second kappa shape index (κ2) is 5.47. The topological polar surface area (TPSA) is 38.1 Å². The maximum Gasteiger partial charge on any atom is 0.162 e. The van der Waals surface area contributed by atoms with Crippen LogP contribution in [0.15, 0.2) is 53.1 Å². The largest absolute Gasteiger partial charge is 0.462 e. The standard InChI is InChI=1S/C17H16N2OS/c1-2-5-12(6-3-1)16-14(11-18-13-8-9-13)19-17(21-16)15-7-4-10-20-15/h1-7,10,13,18H,8-9,11H2. The molecule has 1 aromatic carbocycles. The monoisotopic (exact) mass is 296 g/mol. The van der Waals surface area contributed by atoms with Gasteiger partial charge in [-0.1, -0.05) is 30.3 Å². The number of aromatic nitrogens is 1. The van der Waals surface area contributed by atoms with E-state index in [1.807, 2.05) is 18.2 Å². The van der Waals surface area contributed by atoms with Gasteiger partial charge in [-0.3, -0.25) is 0 Å². The predicted molar refractivity (Wildman–Crippen MR) is 85.1 cm³/mol. The fraction of sp³-hybridized carbons (Fsp3) is 0.235. The molecule has 0 atom stereocenters. The highest BCUT2D eigenvalue weighted by atomic mass is 32.1. The van der Waals surface area contributed by atoms with Gasteiger partial charge in [-0.2, -0.15) is 0 Å². The summed E-state index contributed by atoms with van der Waals surface area (Å²) in [6.07, 6.45) is 4.27. The van der Waals surface area contributed by atoms with Crippen LogP contribution in [-0.4, -0.2) is 11.0 Å². The zero-order valence-corrected chi connectivity index (χ0v) is 12.4. The Labute approximate surface area is 127 Å². The number of nitrogens with one attached hydrogen (secondary N) is 1. The molecular formula is C17H16N2OS. The van der Waals surface area contributed by atoms with Crippen LogP contribution in [0.1, 0.15) is 18.5 Å². The summed E-state index contributed by atoms with van der Waals surface area (Å²) in [6.45, 7) is 0.825. The summed E-state index contributed by atoms with van der Waals surface area (Å²) in [4.78, 5) is 6.02. The van der Waals surface area contributed by atoms with Gasteiger partial charge in [-0.15, -0.1) is 11.3 Å². The fourth-order valence-electron chi connectivity index (χ4n) is 2.32. The molecule has 4 rings (SSSR count). The molecule has 2 aromatic heterocycles. The van der Waals surface area contributed by atoms with Gasteiger partial charge in [-0.05, 0) is 30.5 Å². The first-order chi connectivity index (χ1) is 10.4. The van der Waals surface area contributed by atoms with Crippen LogP contribution in [0, 0.1) is 0 Å². The summed E-state index contributed by atoms with van der Waals surface area (Å²) in [5.41, 5.74) is 2.34. The van der Waals surface area contributed by atoms with E-state index in [4.69, 9.17) is 9.40 Å². The lowest BCUT2D eigenvalue weighted by molar-refractivity contribution is 0.581. The molecule has 0 spiro atoms. The van der Waals surface area contributed by atoms with Gasteiger partial charge in [0.25, 0.3) is 0 Å². The highest BCUT2D eigenvalue weighted by Crippen LogP contribution is 2.36. The van der Waals surface area contributed by atoms with Crippen molar-refractivity contribution in [1.82, 2.24) is 10.3 Å². The van der Waals surface area contributed by atoms with Crippen molar-refractivity contribution in [1.29, 1.82) is 0 Å². The number of furan rings is 1. The van der Waals surface area contributed by atoms with E-state index < -0.39 is 0 Å². The summed E-state index contributed by atoms with van der Waals surface area (Å²) >= 11 is 1.70. The van der Waals surface area contributed by atoms with Crippen molar-refractivity contribution in [3.8, 4) is 21.2 Å². The first-order valence-electron chi connectivity index (χ1n) is 7.22. The molecule has 3 aromatic rings. The van der Waals surface area contributed by atoms with Crippen LogP contribution in [0.25, 0.3) is 21.2 Å². The van der Waals surface area contributed by atoms with E-state index in [0.29, 0.717) is 6.04 Å². The average Bonchev–Trinajstić information content (AvgIpc) is 3.03. The van der Waals surface area contributed by atoms with Crippen molar-refractivity contribution in [2.75, 3.05) is 0 Å². The Hall–Kier alpha value is -1.91. The van der Waals surface area contributed by atoms with Crippen molar-refractivity contribution < 1.29 is 4.42 Å². The second-order valence-corrected chi connectivity index (χ2v) is 6.29. The van der Waals surface area contributed by atoms with Crippen molar-refractivity contribution in [2.45, 2.75) is 25.4 Å². The molecule has 1 fully saturated rings. The van der Waals surface area contributed by atoms with Crippen LogP contribution in [0.2, 0.25) is 0 Å². The maximum absolute atomic E-state index is 5.49. The third-order valence-electron chi connectivity index (χ3n) is 3.60. The summed E-state index contributed by atoms with van der Waals surface area (Å²) in [7, 11) is 0. The fourth-order valence-corrected chi connectivity index (χ4v) is 3.38. The SMILES string of the molecule is c1ccc(-c2sc(-c3ccco3)nc2CNC2CC2)cc1. The Balaban J connectivity index is 1.71. The molecule has 0 saturated heterocycles. The number of hydrogen-bond acceptors (Lipinski definition) is 4. The maximum atomic E-state index is 5.49. The van der Waals surface area contributed by atoms with Crippen molar-refractivity contribution in [2.24, 2.45) is 0 Å². The van der Waals surface area contributed by atoms with Gasteiger partial charge >= 0.3 is 0 Å². The zero-order valence-electron chi connectivity index (χ0n) is 11.6. The van der Waals surface area contributed by atoms with Crippen LogP contribution >= 0.6 is 11.3 Å². The number of benzene rings is 1. The number of rotatable bonds is 5. The van der Waals surface area contributed by atoms with Gasteiger partial charge in [-0.25, -0.2) is 4.98 Å². The number of thiazole rings is 1. The third-order valence-corrected chi connectivity index (χ3v) is 4.76. The number of nitrogens with zero attached hydrogens (tertiary/aromatic N) is 1. The van der Waals surface area contributed by atoms with E-state index in [1.54, 1.807) is 17.6 Å². The molecule has 1 aliphatic carbocycles. The number of hydrogen-bond donors (Lipinski definition) is 1. The van der Waals surface area contributed by atoms with Gasteiger partial charge in [0.15, 0.2) is 10.8 Å². The molecule has 0 amide bonds. The minimum absolute atomic E-state index is 0.683. The van der Waals surface area contributed by atoms with E-state index in [0.717, 1.165) is 23.0 Å². The minimum Gasteiger partial charge on any atom is -0.462 e. The smallest absolute Gasteiger partial charge is 0.162 e. The second-order valence-electron chi connectivity index (χ2n) is 5.29.